The zero-order chi connectivity index (χ0) is 10.4. The lowest BCUT2D eigenvalue weighted by molar-refractivity contribution is -0.138. The van der Waals surface area contributed by atoms with Crippen LogP contribution in [0.2, 0.25) is 0 Å². The lowest BCUT2D eigenvalue weighted by Gasteiger charge is -2.16. The van der Waals surface area contributed by atoms with E-state index in [9.17, 15) is 4.79 Å². The van der Waals surface area contributed by atoms with Crippen molar-refractivity contribution in [1.82, 2.24) is 0 Å². The summed E-state index contributed by atoms with van der Waals surface area (Å²) in [4.78, 5) is 10.5. The number of hydrogen-bond acceptors (Lipinski definition) is 1. The molecule has 0 aliphatic heterocycles. The van der Waals surface area contributed by atoms with Crippen LogP contribution in [0, 0.1) is 11.8 Å². The Balaban J connectivity index is 4.10. The van der Waals surface area contributed by atoms with Crippen molar-refractivity contribution in [1.29, 1.82) is 0 Å². The SMILES string of the molecule is CC(C)=CCC(CC(=O)O)C(C)C. The van der Waals surface area contributed by atoms with E-state index in [0.29, 0.717) is 5.92 Å². The number of aliphatic carboxylic acids is 1. The summed E-state index contributed by atoms with van der Waals surface area (Å²) in [6.45, 7) is 8.23. The lowest BCUT2D eigenvalue weighted by Crippen LogP contribution is -2.13. The van der Waals surface area contributed by atoms with Gasteiger partial charge in [0.25, 0.3) is 0 Å². The predicted octanol–water partition coefficient (Wildman–Crippen LogP) is 3.09. The minimum atomic E-state index is -0.694. The number of carboxylic acids is 1. The van der Waals surface area contributed by atoms with Gasteiger partial charge in [-0.15, -0.1) is 0 Å². The molecular formula is C11H20O2. The molecule has 0 aliphatic rings. The van der Waals surface area contributed by atoms with Crippen molar-refractivity contribution >= 4 is 5.97 Å². The maximum Gasteiger partial charge on any atom is 0.303 e. The third kappa shape index (κ3) is 6.38. The van der Waals surface area contributed by atoms with Crippen molar-refractivity contribution in [2.45, 2.75) is 40.5 Å². The number of carbonyl (C=O) groups is 1. The van der Waals surface area contributed by atoms with E-state index in [1.54, 1.807) is 0 Å². The highest BCUT2D eigenvalue weighted by molar-refractivity contribution is 5.67. The van der Waals surface area contributed by atoms with Crippen LogP contribution in [0.3, 0.4) is 0 Å². The third-order valence-corrected chi connectivity index (χ3v) is 2.21. The molecule has 1 unspecified atom stereocenters. The smallest absolute Gasteiger partial charge is 0.303 e. The summed E-state index contributed by atoms with van der Waals surface area (Å²) in [5, 5.41) is 8.68. The Hall–Kier alpha value is -0.790. The molecule has 0 aromatic rings. The minimum Gasteiger partial charge on any atom is -0.481 e. The highest BCUT2D eigenvalue weighted by Crippen LogP contribution is 2.20. The van der Waals surface area contributed by atoms with Gasteiger partial charge in [-0.25, -0.2) is 0 Å². The fourth-order valence-electron chi connectivity index (χ4n) is 1.20. The van der Waals surface area contributed by atoms with Gasteiger partial charge in [0.2, 0.25) is 0 Å². The molecule has 0 saturated heterocycles. The molecular weight excluding hydrogens is 164 g/mol. The van der Waals surface area contributed by atoms with Crippen LogP contribution in [-0.2, 0) is 4.79 Å². The highest BCUT2D eigenvalue weighted by Gasteiger charge is 2.15. The molecule has 0 spiro atoms. The molecule has 0 heterocycles. The van der Waals surface area contributed by atoms with Crippen LogP contribution in [0.1, 0.15) is 40.5 Å². The van der Waals surface area contributed by atoms with Crippen molar-refractivity contribution in [2.75, 3.05) is 0 Å². The van der Waals surface area contributed by atoms with E-state index in [1.165, 1.54) is 5.57 Å². The second-order valence-corrected chi connectivity index (χ2v) is 4.12. The van der Waals surface area contributed by atoms with E-state index in [-0.39, 0.29) is 12.3 Å². The van der Waals surface area contributed by atoms with Crippen LogP contribution in [-0.4, -0.2) is 11.1 Å². The van der Waals surface area contributed by atoms with Crippen molar-refractivity contribution < 1.29 is 9.90 Å². The van der Waals surface area contributed by atoms with Crippen LogP contribution < -0.4 is 0 Å². The van der Waals surface area contributed by atoms with Gasteiger partial charge in [-0.3, -0.25) is 4.79 Å². The molecule has 1 N–H and O–H groups in total. The minimum absolute atomic E-state index is 0.271. The largest absolute Gasteiger partial charge is 0.481 e. The molecule has 0 rings (SSSR count). The molecule has 76 valence electrons. The second-order valence-electron chi connectivity index (χ2n) is 4.12. The number of allylic oxidation sites excluding steroid dienone is 2. The van der Waals surface area contributed by atoms with Gasteiger partial charge in [0, 0.05) is 6.42 Å². The molecule has 2 heteroatoms. The topological polar surface area (TPSA) is 37.3 Å². The van der Waals surface area contributed by atoms with Crippen molar-refractivity contribution in [3.05, 3.63) is 11.6 Å². The molecule has 0 aromatic heterocycles. The average Bonchev–Trinajstić information content (AvgIpc) is 1.96. The first-order chi connectivity index (χ1) is 5.93. The van der Waals surface area contributed by atoms with Crippen molar-refractivity contribution in [2.24, 2.45) is 11.8 Å². The summed E-state index contributed by atoms with van der Waals surface area (Å²) >= 11 is 0. The van der Waals surface area contributed by atoms with Crippen LogP contribution in [0.15, 0.2) is 11.6 Å². The van der Waals surface area contributed by atoms with Gasteiger partial charge >= 0.3 is 5.97 Å². The van der Waals surface area contributed by atoms with E-state index in [1.807, 2.05) is 13.8 Å². The van der Waals surface area contributed by atoms with Crippen LogP contribution >= 0.6 is 0 Å². The standard InChI is InChI=1S/C11H20O2/c1-8(2)5-6-10(9(3)4)7-11(12)13/h5,9-10H,6-7H2,1-4H3,(H,12,13). The Morgan fingerprint density at radius 3 is 2.23 bits per heavy atom. The monoisotopic (exact) mass is 184 g/mol. The maximum atomic E-state index is 10.5. The molecule has 0 amide bonds. The van der Waals surface area contributed by atoms with Crippen molar-refractivity contribution in [3.8, 4) is 0 Å². The summed E-state index contributed by atoms with van der Waals surface area (Å²) in [5.41, 5.74) is 1.26. The fraction of sp³-hybridized carbons (Fsp3) is 0.727. The summed E-state index contributed by atoms with van der Waals surface area (Å²) in [6.07, 6.45) is 3.28. The first-order valence-corrected chi connectivity index (χ1v) is 4.78. The van der Waals surface area contributed by atoms with Crippen molar-refractivity contribution in [3.63, 3.8) is 0 Å². The maximum absolute atomic E-state index is 10.5. The predicted molar refractivity (Wildman–Crippen MR) is 54.6 cm³/mol. The zero-order valence-corrected chi connectivity index (χ0v) is 9.00. The Bertz CT molecular complexity index is 188. The van der Waals surface area contributed by atoms with Gasteiger partial charge in [0.15, 0.2) is 0 Å². The molecule has 2 nitrogen and oxygen atoms in total. The molecule has 0 aromatic carbocycles. The van der Waals surface area contributed by atoms with Crippen LogP contribution in [0.25, 0.3) is 0 Å². The van der Waals surface area contributed by atoms with Gasteiger partial charge in [0.1, 0.15) is 0 Å². The molecule has 1 atom stereocenters. The average molecular weight is 184 g/mol. The Kier molecular flexibility index (Phi) is 5.44. The molecule has 13 heavy (non-hydrogen) atoms. The molecule has 0 fully saturated rings. The molecule has 0 bridgehead atoms. The van der Waals surface area contributed by atoms with E-state index in [2.05, 4.69) is 19.9 Å². The molecule has 0 saturated carbocycles. The summed E-state index contributed by atoms with van der Waals surface area (Å²) in [6, 6.07) is 0. The molecule has 0 radical (unpaired) electrons. The van der Waals surface area contributed by atoms with E-state index < -0.39 is 5.97 Å². The number of rotatable bonds is 5. The van der Waals surface area contributed by atoms with Gasteiger partial charge in [-0.1, -0.05) is 25.5 Å². The quantitative estimate of drug-likeness (QED) is 0.667. The third-order valence-electron chi connectivity index (χ3n) is 2.21. The normalized spacial score (nSPS) is 12.7. The van der Waals surface area contributed by atoms with Crippen LogP contribution in [0.5, 0.6) is 0 Å². The number of hydrogen-bond donors (Lipinski definition) is 1. The lowest BCUT2D eigenvalue weighted by atomic mass is 9.89. The van der Waals surface area contributed by atoms with E-state index >= 15 is 0 Å². The first-order valence-electron chi connectivity index (χ1n) is 4.78. The summed E-state index contributed by atoms with van der Waals surface area (Å²) in [5.74, 6) is 0.0138. The fourth-order valence-corrected chi connectivity index (χ4v) is 1.20. The van der Waals surface area contributed by atoms with E-state index in [0.717, 1.165) is 6.42 Å². The second kappa shape index (κ2) is 5.79. The summed E-state index contributed by atoms with van der Waals surface area (Å²) in [7, 11) is 0. The zero-order valence-electron chi connectivity index (χ0n) is 9.00. The van der Waals surface area contributed by atoms with Crippen LogP contribution in [0.4, 0.5) is 0 Å². The van der Waals surface area contributed by atoms with Gasteiger partial charge < -0.3 is 5.11 Å². The Labute approximate surface area is 80.7 Å². The van der Waals surface area contributed by atoms with E-state index in [4.69, 9.17) is 5.11 Å². The number of carboxylic acid groups (broad SMARTS) is 1. The first kappa shape index (κ1) is 12.2. The van der Waals surface area contributed by atoms with Gasteiger partial charge in [-0.2, -0.15) is 0 Å². The Morgan fingerprint density at radius 1 is 1.38 bits per heavy atom. The van der Waals surface area contributed by atoms with Gasteiger partial charge in [-0.05, 0) is 32.1 Å². The van der Waals surface area contributed by atoms with Gasteiger partial charge in [0.05, 0.1) is 0 Å². The summed E-state index contributed by atoms with van der Waals surface area (Å²) < 4.78 is 0. The highest BCUT2D eigenvalue weighted by atomic mass is 16.4. The Morgan fingerprint density at radius 2 is 1.92 bits per heavy atom. The molecule has 0 aliphatic carbocycles.